The minimum Gasteiger partial charge on any atom is -0.368 e. The van der Waals surface area contributed by atoms with E-state index in [1.165, 1.54) is 19.3 Å². The number of anilines is 1. The number of piperidine rings is 1. The van der Waals surface area contributed by atoms with Crippen molar-refractivity contribution in [3.8, 4) is 0 Å². The number of rotatable bonds is 3. The molecule has 1 fully saturated rings. The van der Waals surface area contributed by atoms with Gasteiger partial charge in [0.15, 0.2) is 0 Å². The van der Waals surface area contributed by atoms with Crippen LogP contribution in [-0.4, -0.2) is 29.1 Å². The molecule has 0 radical (unpaired) electrons. The van der Waals surface area contributed by atoms with E-state index in [9.17, 15) is 0 Å². The third-order valence-electron chi connectivity index (χ3n) is 3.19. The van der Waals surface area contributed by atoms with Crippen molar-refractivity contribution in [3.05, 3.63) is 17.8 Å². The van der Waals surface area contributed by atoms with Crippen LogP contribution >= 0.6 is 11.3 Å². The van der Waals surface area contributed by atoms with Crippen LogP contribution in [0.3, 0.4) is 0 Å². The van der Waals surface area contributed by atoms with E-state index in [1.807, 2.05) is 0 Å². The predicted octanol–water partition coefficient (Wildman–Crippen LogP) is 2.25. The highest BCUT2D eigenvalue weighted by atomic mass is 32.1. The van der Waals surface area contributed by atoms with Gasteiger partial charge in [0.05, 0.1) is 5.39 Å². The molecule has 1 aliphatic rings. The molecule has 0 aliphatic carbocycles. The predicted molar refractivity (Wildman–Crippen MR) is 71.5 cm³/mol. The van der Waals surface area contributed by atoms with Gasteiger partial charge in [-0.15, -0.1) is 11.3 Å². The van der Waals surface area contributed by atoms with E-state index in [1.54, 1.807) is 17.7 Å². The van der Waals surface area contributed by atoms with Crippen LogP contribution in [0.4, 0.5) is 5.82 Å². The van der Waals surface area contributed by atoms with Crippen LogP contribution in [0.5, 0.6) is 0 Å². The first-order chi connectivity index (χ1) is 8.43. The van der Waals surface area contributed by atoms with E-state index in [2.05, 4.69) is 32.0 Å². The summed E-state index contributed by atoms with van der Waals surface area (Å²) in [6.07, 6.45) is 5.52. The number of thiophene rings is 1. The van der Waals surface area contributed by atoms with Gasteiger partial charge in [-0.2, -0.15) is 0 Å². The summed E-state index contributed by atoms with van der Waals surface area (Å²) in [6, 6.07) is 2.66. The van der Waals surface area contributed by atoms with Gasteiger partial charge in [-0.05, 0) is 30.8 Å². The molecule has 90 valence electrons. The molecule has 0 aromatic carbocycles. The zero-order chi connectivity index (χ0) is 11.5. The SMILES string of the molecule is c1nc(NCC2CCCCN2)c2ccsc2n1. The van der Waals surface area contributed by atoms with Gasteiger partial charge in [-0.25, -0.2) is 9.97 Å². The number of nitrogens with zero attached hydrogens (tertiary/aromatic N) is 2. The monoisotopic (exact) mass is 248 g/mol. The number of fused-ring (bicyclic) bond motifs is 1. The maximum atomic E-state index is 4.32. The van der Waals surface area contributed by atoms with E-state index in [-0.39, 0.29) is 0 Å². The highest BCUT2D eigenvalue weighted by molar-refractivity contribution is 7.16. The molecule has 0 saturated carbocycles. The molecule has 2 aromatic rings. The van der Waals surface area contributed by atoms with Crippen LogP contribution in [0.15, 0.2) is 17.8 Å². The van der Waals surface area contributed by atoms with Crippen LogP contribution in [-0.2, 0) is 0 Å². The second-order valence-corrected chi connectivity index (χ2v) is 5.28. The van der Waals surface area contributed by atoms with Crippen molar-refractivity contribution in [1.82, 2.24) is 15.3 Å². The summed E-state index contributed by atoms with van der Waals surface area (Å²) < 4.78 is 0. The fourth-order valence-corrected chi connectivity index (χ4v) is 2.98. The molecular weight excluding hydrogens is 232 g/mol. The van der Waals surface area contributed by atoms with Crippen LogP contribution in [0.2, 0.25) is 0 Å². The minimum atomic E-state index is 0.576. The lowest BCUT2D eigenvalue weighted by Crippen LogP contribution is -2.39. The zero-order valence-corrected chi connectivity index (χ0v) is 10.5. The van der Waals surface area contributed by atoms with Gasteiger partial charge >= 0.3 is 0 Å². The van der Waals surface area contributed by atoms with E-state index < -0.39 is 0 Å². The largest absolute Gasteiger partial charge is 0.368 e. The Labute approximate surface area is 104 Å². The molecule has 5 heteroatoms. The Morgan fingerprint density at radius 3 is 3.29 bits per heavy atom. The topological polar surface area (TPSA) is 49.8 Å². The lowest BCUT2D eigenvalue weighted by atomic mass is 10.1. The van der Waals surface area contributed by atoms with Crippen LogP contribution in [0, 0.1) is 0 Å². The van der Waals surface area contributed by atoms with Crippen molar-refractivity contribution in [2.24, 2.45) is 0 Å². The fraction of sp³-hybridized carbons (Fsp3) is 0.500. The van der Waals surface area contributed by atoms with Gasteiger partial charge in [0.2, 0.25) is 0 Å². The van der Waals surface area contributed by atoms with Crippen LogP contribution in [0.1, 0.15) is 19.3 Å². The third-order valence-corrected chi connectivity index (χ3v) is 4.01. The number of hydrogen-bond acceptors (Lipinski definition) is 5. The van der Waals surface area contributed by atoms with E-state index in [0.717, 1.165) is 29.1 Å². The van der Waals surface area contributed by atoms with Crippen LogP contribution in [0.25, 0.3) is 10.2 Å². The molecule has 1 aliphatic heterocycles. The first kappa shape index (κ1) is 10.9. The van der Waals surface area contributed by atoms with Gasteiger partial charge in [0, 0.05) is 12.6 Å². The average Bonchev–Trinajstić information content (AvgIpc) is 2.86. The Morgan fingerprint density at radius 1 is 1.41 bits per heavy atom. The Bertz CT molecular complexity index is 490. The summed E-state index contributed by atoms with van der Waals surface area (Å²) >= 11 is 1.66. The van der Waals surface area contributed by atoms with Crippen molar-refractivity contribution < 1.29 is 0 Å². The summed E-state index contributed by atoms with van der Waals surface area (Å²) in [5.41, 5.74) is 0. The summed E-state index contributed by atoms with van der Waals surface area (Å²) in [4.78, 5) is 9.62. The van der Waals surface area contributed by atoms with Crippen molar-refractivity contribution in [3.63, 3.8) is 0 Å². The second-order valence-electron chi connectivity index (χ2n) is 4.39. The molecular formula is C12H16N4S. The first-order valence-electron chi connectivity index (χ1n) is 6.09. The molecule has 1 atom stereocenters. The summed E-state index contributed by atoms with van der Waals surface area (Å²) in [7, 11) is 0. The number of aromatic nitrogens is 2. The molecule has 2 N–H and O–H groups in total. The second kappa shape index (κ2) is 4.98. The molecule has 4 nitrogen and oxygen atoms in total. The summed E-state index contributed by atoms with van der Waals surface area (Å²) in [6.45, 7) is 2.09. The van der Waals surface area contributed by atoms with Gasteiger partial charge in [0.1, 0.15) is 17.0 Å². The molecule has 0 amide bonds. The molecule has 2 aromatic heterocycles. The maximum absolute atomic E-state index is 4.32. The van der Waals surface area contributed by atoms with E-state index in [4.69, 9.17) is 0 Å². The van der Waals surface area contributed by atoms with Crippen molar-refractivity contribution in [1.29, 1.82) is 0 Å². The molecule has 1 saturated heterocycles. The lowest BCUT2D eigenvalue weighted by molar-refractivity contribution is 0.414. The quantitative estimate of drug-likeness (QED) is 0.874. The first-order valence-corrected chi connectivity index (χ1v) is 6.97. The smallest absolute Gasteiger partial charge is 0.138 e. The maximum Gasteiger partial charge on any atom is 0.138 e. The summed E-state index contributed by atoms with van der Waals surface area (Å²) in [5.74, 6) is 0.962. The van der Waals surface area contributed by atoms with Crippen molar-refractivity contribution >= 4 is 27.4 Å². The Balaban J connectivity index is 1.69. The minimum absolute atomic E-state index is 0.576. The average molecular weight is 248 g/mol. The normalized spacial score (nSPS) is 20.6. The molecule has 0 bridgehead atoms. The van der Waals surface area contributed by atoms with Crippen LogP contribution < -0.4 is 10.6 Å². The molecule has 3 heterocycles. The molecule has 0 spiro atoms. The van der Waals surface area contributed by atoms with E-state index in [0.29, 0.717) is 6.04 Å². The highest BCUT2D eigenvalue weighted by Crippen LogP contribution is 2.23. The number of nitrogens with one attached hydrogen (secondary N) is 2. The third kappa shape index (κ3) is 2.40. The highest BCUT2D eigenvalue weighted by Gasteiger charge is 2.13. The molecule has 1 unspecified atom stereocenters. The lowest BCUT2D eigenvalue weighted by Gasteiger charge is -2.23. The zero-order valence-electron chi connectivity index (χ0n) is 9.65. The Morgan fingerprint density at radius 2 is 2.41 bits per heavy atom. The fourth-order valence-electron chi connectivity index (χ4n) is 2.25. The van der Waals surface area contributed by atoms with Gasteiger partial charge in [-0.3, -0.25) is 0 Å². The van der Waals surface area contributed by atoms with Gasteiger partial charge in [-0.1, -0.05) is 6.42 Å². The van der Waals surface area contributed by atoms with Crippen molar-refractivity contribution in [2.75, 3.05) is 18.4 Å². The Hall–Kier alpha value is -1.20. The van der Waals surface area contributed by atoms with Gasteiger partial charge < -0.3 is 10.6 Å². The van der Waals surface area contributed by atoms with Gasteiger partial charge in [0.25, 0.3) is 0 Å². The van der Waals surface area contributed by atoms with E-state index >= 15 is 0 Å². The summed E-state index contributed by atoms with van der Waals surface area (Å²) in [5, 5.41) is 10.2. The Kier molecular flexibility index (Phi) is 3.20. The molecule has 17 heavy (non-hydrogen) atoms. The number of hydrogen-bond donors (Lipinski definition) is 2. The standard InChI is InChI=1S/C12H16N4S/c1-2-5-13-9(3-1)7-14-11-10-4-6-17-12(10)16-8-15-11/h4,6,8-9,13H,1-3,5,7H2,(H,14,15,16). The molecule has 3 rings (SSSR count). The van der Waals surface area contributed by atoms with Crippen molar-refractivity contribution in [2.45, 2.75) is 25.3 Å².